The molecule has 0 spiro atoms. The van der Waals surface area contributed by atoms with E-state index in [9.17, 15) is 9.18 Å². The molecule has 0 saturated heterocycles. The number of hydrogen-bond donors (Lipinski definition) is 1. The van der Waals surface area contributed by atoms with Crippen LogP contribution in [0.3, 0.4) is 0 Å². The lowest BCUT2D eigenvalue weighted by Crippen LogP contribution is -2.29. The first-order valence-electron chi connectivity index (χ1n) is 8.07. The van der Waals surface area contributed by atoms with Crippen LogP contribution in [0.5, 0.6) is 0 Å². The predicted molar refractivity (Wildman–Crippen MR) is 93.3 cm³/mol. The number of rotatable bonds is 6. The van der Waals surface area contributed by atoms with Gasteiger partial charge in [-0.05, 0) is 36.8 Å². The molecule has 0 aliphatic heterocycles. The van der Waals surface area contributed by atoms with Crippen LogP contribution in [-0.2, 0) is 17.8 Å². The number of carbonyl (C=O) groups is 1. The zero-order valence-electron chi connectivity index (χ0n) is 13.9. The minimum atomic E-state index is -0.332. The highest BCUT2D eigenvalue weighted by Gasteiger charge is 2.10. The molecule has 3 rings (SSSR count). The van der Waals surface area contributed by atoms with Crippen LogP contribution in [0, 0.1) is 12.7 Å². The largest absolute Gasteiger partial charge is 0.354 e. The van der Waals surface area contributed by atoms with E-state index in [1.54, 1.807) is 24.5 Å². The van der Waals surface area contributed by atoms with Gasteiger partial charge >= 0.3 is 0 Å². The summed E-state index contributed by atoms with van der Waals surface area (Å²) in [5.74, 6) is 0.384. The Hall–Kier alpha value is -3.02. The average molecular weight is 338 g/mol. The number of halogens is 1. The highest BCUT2D eigenvalue weighted by atomic mass is 19.1. The van der Waals surface area contributed by atoms with Gasteiger partial charge in [0, 0.05) is 42.9 Å². The smallest absolute Gasteiger partial charge is 0.224 e. The van der Waals surface area contributed by atoms with E-state index in [2.05, 4.69) is 19.9 Å². The summed E-state index contributed by atoms with van der Waals surface area (Å²) < 4.78 is 15.2. The quantitative estimate of drug-likeness (QED) is 0.752. The molecule has 5 nitrogen and oxygen atoms in total. The van der Waals surface area contributed by atoms with E-state index in [1.807, 2.05) is 25.3 Å². The molecule has 25 heavy (non-hydrogen) atoms. The summed E-state index contributed by atoms with van der Waals surface area (Å²) in [5.41, 5.74) is 2.66. The van der Waals surface area contributed by atoms with Crippen molar-refractivity contribution < 1.29 is 9.18 Å². The average Bonchev–Trinajstić information content (AvgIpc) is 2.97. The van der Waals surface area contributed by atoms with Gasteiger partial charge in [-0.15, -0.1) is 0 Å². The molecule has 0 aliphatic carbocycles. The van der Waals surface area contributed by atoms with E-state index >= 15 is 0 Å². The fourth-order valence-electron chi connectivity index (χ4n) is 2.68. The summed E-state index contributed by atoms with van der Waals surface area (Å²) in [4.78, 5) is 20.5. The molecule has 0 atom stereocenters. The second kappa shape index (κ2) is 7.70. The fraction of sp³-hybridized carbons (Fsp3) is 0.211. The first-order chi connectivity index (χ1) is 12.1. The van der Waals surface area contributed by atoms with Gasteiger partial charge in [0.1, 0.15) is 11.6 Å². The lowest BCUT2D eigenvalue weighted by Gasteiger charge is -2.11. The zero-order valence-corrected chi connectivity index (χ0v) is 13.9. The van der Waals surface area contributed by atoms with Crippen molar-refractivity contribution in [3.05, 3.63) is 72.1 Å². The number of nitrogens with zero attached hydrogens (tertiary/aromatic N) is 3. The normalized spacial score (nSPS) is 10.6. The molecule has 0 aliphatic rings. The maximum atomic E-state index is 13.2. The molecule has 0 fully saturated rings. The van der Waals surface area contributed by atoms with Crippen LogP contribution in [0.4, 0.5) is 4.39 Å². The second-order valence-electron chi connectivity index (χ2n) is 5.77. The van der Waals surface area contributed by atoms with Crippen molar-refractivity contribution in [3.8, 4) is 11.4 Å². The number of hydrogen-bond acceptors (Lipinski definition) is 3. The third kappa shape index (κ3) is 4.29. The summed E-state index contributed by atoms with van der Waals surface area (Å²) in [6.07, 6.45) is 5.43. The highest BCUT2D eigenvalue weighted by molar-refractivity contribution is 5.78. The van der Waals surface area contributed by atoms with Crippen molar-refractivity contribution in [2.45, 2.75) is 19.9 Å². The van der Waals surface area contributed by atoms with Crippen LogP contribution in [0.15, 0.2) is 55.0 Å². The minimum absolute atomic E-state index is 0.131. The molecule has 1 amide bonds. The number of pyridine rings is 1. The summed E-state index contributed by atoms with van der Waals surface area (Å²) in [6, 6.07) is 9.89. The molecule has 128 valence electrons. The van der Waals surface area contributed by atoms with Crippen LogP contribution < -0.4 is 5.32 Å². The van der Waals surface area contributed by atoms with Gasteiger partial charge in [0.25, 0.3) is 0 Å². The number of aryl methyl sites for hydroxylation is 1. The Kier molecular flexibility index (Phi) is 5.18. The van der Waals surface area contributed by atoms with Crippen molar-refractivity contribution in [1.82, 2.24) is 19.9 Å². The molecule has 3 aromatic rings. The zero-order chi connectivity index (χ0) is 17.6. The third-order valence-corrected chi connectivity index (χ3v) is 3.90. The van der Waals surface area contributed by atoms with Gasteiger partial charge in [0.2, 0.25) is 5.91 Å². The Labute approximate surface area is 145 Å². The third-order valence-electron chi connectivity index (χ3n) is 3.90. The van der Waals surface area contributed by atoms with Gasteiger partial charge in [-0.25, -0.2) is 9.37 Å². The number of amides is 1. The summed E-state index contributed by atoms with van der Waals surface area (Å²) >= 11 is 0. The Morgan fingerprint density at radius 3 is 2.80 bits per heavy atom. The van der Waals surface area contributed by atoms with E-state index < -0.39 is 0 Å². The Morgan fingerprint density at radius 1 is 1.24 bits per heavy atom. The number of nitrogens with one attached hydrogen (secondary N) is 1. The lowest BCUT2D eigenvalue weighted by molar-refractivity contribution is -0.120. The van der Waals surface area contributed by atoms with Gasteiger partial charge in [0.15, 0.2) is 0 Å². The Morgan fingerprint density at radius 2 is 2.04 bits per heavy atom. The molecule has 0 bridgehead atoms. The molecule has 2 aromatic heterocycles. The topological polar surface area (TPSA) is 59.8 Å². The van der Waals surface area contributed by atoms with Crippen molar-refractivity contribution in [2.24, 2.45) is 0 Å². The molecule has 0 radical (unpaired) electrons. The first-order valence-corrected chi connectivity index (χ1v) is 8.07. The maximum absolute atomic E-state index is 13.2. The molecule has 1 N–H and O–H groups in total. The SMILES string of the molecule is Cc1cnc(-c2ccncc2)n1CCNC(=O)Cc1cccc(F)c1. The minimum Gasteiger partial charge on any atom is -0.354 e. The van der Waals surface area contributed by atoms with Gasteiger partial charge in [-0.1, -0.05) is 12.1 Å². The predicted octanol–water partition coefficient (Wildman–Crippen LogP) is 2.75. The van der Waals surface area contributed by atoms with Crippen LogP contribution in [0.25, 0.3) is 11.4 Å². The molecule has 0 unspecified atom stereocenters. The highest BCUT2D eigenvalue weighted by Crippen LogP contribution is 2.18. The van der Waals surface area contributed by atoms with Crippen LogP contribution in [0.2, 0.25) is 0 Å². The molecule has 0 saturated carbocycles. The Bertz CT molecular complexity index is 861. The number of aromatic nitrogens is 3. The molecular formula is C19H19FN4O. The van der Waals surface area contributed by atoms with Crippen molar-refractivity contribution in [3.63, 3.8) is 0 Å². The Balaban J connectivity index is 1.59. The van der Waals surface area contributed by atoms with Gasteiger partial charge in [-0.3, -0.25) is 9.78 Å². The van der Waals surface area contributed by atoms with Crippen molar-refractivity contribution in [1.29, 1.82) is 0 Å². The van der Waals surface area contributed by atoms with Crippen molar-refractivity contribution >= 4 is 5.91 Å². The summed E-state index contributed by atoms with van der Waals surface area (Å²) in [6.45, 7) is 3.06. The standard InChI is InChI=1S/C19H19FN4O/c1-14-13-23-19(16-5-7-21-8-6-16)24(14)10-9-22-18(25)12-15-3-2-4-17(20)11-15/h2-8,11,13H,9-10,12H2,1H3,(H,22,25). The second-order valence-corrected chi connectivity index (χ2v) is 5.77. The fourth-order valence-corrected chi connectivity index (χ4v) is 2.68. The monoisotopic (exact) mass is 338 g/mol. The van der Waals surface area contributed by atoms with Crippen LogP contribution >= 0.6 is 0 Å². The number of benzene rings is 1. The summed E-state index contributed by atoms with van der Waals surface area (Å²) in [5, 5.41) is 2.87. The van der Waals surface area contributed by atoms with E-state index in [1.165, 1.54) is 12.1 Å². The van der Waals surface area contributed by atoms with E-state index in [0.29, 0.717) is 18.7 Å². The van der Waals surface area contributed by atoms with Crippen molar-refractivity contribution in [2.75, 3.05) is 6.54 Å². The first kappa shape index (κ1) is 16.8. The van der Waals surface area contributed by atoms with E-state index in [-0.39, 0.29) is 18.1 Å². The maximum Gasteiger partial charge on any atom is 0.224 e. The molecule has 1 aromatic carbocycles. The van der Waals surface area contributed by atoms with Crippen LogP contribution in [-0.4, -0.2) is 27.0 Å². The van der Waals surface area contributed by atoms with Crippen LogP contribution in [0.1, 0.15) is 11.3 Å². The lowest BCUT2D eigenvalue weighted by atomic mass is 10.1. The number of carbonyl (C=O) groups excluding carboxylic acids is 1. The number of imidazole rings is 1. The van der Waals surface area contributed by atoms with E-state index in [4.69, 9.17) is 0 Å². The van der Waals surface area contributed by atoms with Gasteiger partial charge in [-0.2, -0.15) is 0 Å². The summed E-state index contributed by atoms with van der Waals surface area (Å²) in [7, 11) is 0. The molecule has 6 heteroatoms. The molecular weight excluding hydrogens is 319 g/mol. The van der Waals surface area contributed by atoms with E-state index in [0.717, 1.165) is 17.1 Å². The van der Waals surface area contributed by atoms with Gasteiger partial charge < -0.3 is 9.88 Å². The van der Waals surface area contributed by atoms with Gasteiger partial charge in [0.05, 0.1) is 6.42 Å². The molecule has 2 heterocycles.